The summed E-state index contributed by atoms with van der Waals surface area (Å²) in [6.07, 6.45) is 2.17. The third-order valence-corrected chi connectivity index (χ3v) is 3.65. The van der Waals surface area contributed by atoms with Gasteiger partial charge in [-0.3, -0.25) is 4.79 Å². The number of nitrogens with zero attached hydrogens (tertiary/aromatic N) is 2. The molecule has 1 aromatic heterocycles. The van der Waals surface area contributed by atoms with Crippen LogP contribution in [0.15, 0.2) is 4.52 Å². The Labute approximate surface area is 124 Å². The molecular formula is C14H22N4O3. The molecule has 1 fully saturated rings. The summed E-state index contributed by atoms with van der Waals surface area (Å²) in [6, 6.07) is -0.682. The van der Waals surface area contributed by atoms with Gasteiger partial charge in [-0.15, -0.1) is 0 Å². The summed E-state index contributed by atoms with van der Waals surface area (Å²) < 4.78 is 5.11. The van der Waals surface area contributed by atoms with Crippen molar-refractivity contribution in [3.05, 3.63) is 11.5 Å². The molecule has 1 aliphatic heterocycles. The number of urea groups is 1. The third-order valence-electron chi connectivity index (χ3n) is 3.65. The summed E-state index contributed by atoms with van der Waals surface area (Å²) in [5, 5.41) is 9.56. The van der Waals surface area contributed by atoms with Crippen LogP contribution in [-0.2, 0) is 11.2 Å². The SMILES string of the molecule is CCC[C@@H]1C(=O)NCCN1C(=O)Nc1c(CC)noc1C. The number of aryl methyl sites for hydroxylation is 2. The van der Waals surface area contributed by atoms with E-state index in [-0.39, 0.29) is 11.9 Å². The van der Waals surface area contributed by atoms with Gasteiger partial charge in [-0.2, -0.15) is 0 Å². The van der Waals surface area contributed by atoms with Crippen molar-refractivity contribution in [1.29, 1.82) is 0 Å². The number of aromatic nitrogens is 1. The minimum Gasteiger partial charge on any atom is -0.359 e. The maximum absolute atomic E-state index is 12.5. The third kappa shape index (κ3) is 3.17. The Hall–Kier alpha value is -2.05. The molecule has 0 aliphatic carbocycles. The van der Waals surface area contributed by atoms with Crippen LogP contribution >= 0.6 is 0 Å². The fourth-order valence-electron chi connectivity index (χ4n) is 2.52. The Morgan fingerprint density at radius 3 is 2.95 bits per heavy atom. The lowest BCUT2D eigenvalue weighted by Gasteiger charge is -2.34. The highest BCUT2D eigenvalue weighted by Gasteiger charge is 2.33. The lowest BCUT2D eigenvalue weighted by atomic mass is 10.1. The van der Waals surface area contributed by atoms with Crippen molar-refractivity contribution in [2.75, 3.05) is 18.4 Å². The van der Waals surface area contributed by atoms with Gasteiger partial charge >= 0.3 is 6.03 Å². The zero-order valence-corrected chi connectivity index (χ0v) is 12.7. The van der Waals surface area contributed by atoms with Gasteiger partial charge < -0.3 is 20.1 Å². The van der Waals surface area contributed by atoms with Crippen molar-refractivity contribution >= 4 is 17.6 Å². The molecule has 1 aromatic rings. The Bertz CT molecular complexity index is 526. The second-order valence-electron chi connectivity index (χ2n) is 5.13. The molecule has 0 aromatic carbocycles. The number of carbonyl (C=O) groups is 2. The largest absolute Gasteiger partial charge is 0.359 e. The Morgan fingerprint density at radius 2 is 2.29 bits per heavy atom. The van der Waals surface area contributed by atoms with Crippen LogP contribution in [-0.4, -0.2) is 41.1 Å². The zero-order chi connectivity index (χ0) is 15.4. The molecular weight excluding hydrogens is 272 g/mol. The van der Waals surface area contributed by atoms with Gasteiger partial charge in [0.15, 0.2) is 5.76 Å². The number of piperazine rings is 1. The maximum atomic E-state index is 12.5. The van der Waals surface area contributed by atoms with Gasteiger partial charge in [0, 0.05) is 13.1 Å². The molecule has 3 amide bonds. The van der Waals surface area contributed by atoms with E-state index >= 15 is 0 Å². The molecule has 1 saturated heterocycles. The molecule has 116 valence electrons. The van der Waals surface area contributed by atoms with Crippen LogP contribution in [0.1, 0.15) is 38.1 Å². The summed E-state index contributed by atoms with van der Waals surface area (Å²) in [6.45, 7) is 6.69. The molecule has 0 bridgehead atoms. The molecule has 0 radical (unpaired) electrons. The van der Waals surface area contributed by atoms with Gasteiger partial charge in [-0.25, -0.2) is 4.79 Å². The molecule has 2 rings (SSSR count). The van der Waals surface area contributed by atoms with Crippen LogP contribution in [0, 0.1) is 6.92 Å². The van der Waals surface area contributed by atoms with Crippen molar-refractivity contribution in [2.45, 2.75) is 46.1 Å². The molecule has 7 heteroatoms. The molecule has 1 atom stereocenters. The van der Waals surface area contributed by atoms with E-state index in [1.807, 2.05) is 13.8 Å². The van der Waals surface area contributed by atoms with Crippen LogP contribution in [0.4, 0.5) is 10.5 Å². The number of rotatable bonds is 4. The Morgan fingerprint density at radius 1 is 1.52 bits per heavy atom. The quantitative estimate of drug-likeness (QED) is 0.884. The minimum atomic E-state index is -0.408. The Balaban J connectivity index is 2.14. The number of anilines is 1. The number of carbonyl (C=O) groups excluding carboxylic acids is 2. The molecule has 0 spiro atoms. The van der Waals surface area contributed by atoms with Crippen molar-refractivity contribution in [3.8, 4) is 0 Å². The topological polar surface area (TPSA) is 87.5 Å². The Kier molecular flexibility index (Phi) is 4.82. The van der Waals surface area contributed by atoms with Crippen molar-refractivity contribution in [1.82, 2.24) is 15.4 Å². The van der Waals surface area contributed by atoms with Crippen molar-refractivity contribution in [2.24, 2.45) is 0 Å². The smallest absolute Gasteiger partial charge is 0.322 e. The van der Waals surface area contributed by atoms with Gasteiger partial charge in [0.1, 0.15) is 17.4 Å². The highest BCUT2D eigenvalue weighted by Crippen LogP contribution is 2.22. The van der Waals surface area contributed by atoms with E-state index in [2.05, 4.69) is 15.8 Å². The average Bonchev–Trinajstić information content (AvgIpc) is 2.82. The minimum absolute atomic E-state index is 0.0870. The highest BCUT2D eigenvalue weighted by molar-refractivity contribution is 5.95. The van der Waals surface area contributed by atoms with Crippen LogP contribution in [0.2, 0.25) is 0 Å². The van der Waals surface area contributed by atoms with E-state index in [4.69, 9.17) is 4.52 Å². The highest BCUT2D eigenvalue weighted by atomic mass is 16.5. The summed E-state index contributed by atoms with van der Waals surface area (Å²) in [5.41, 5.74) is 1.33. The first-order chi connectivity index (χ1) is 10.1. The van der Waals surface area contributed by atoms with E-state index in [9.17, 15) is 9.59 Å². The van der Waals surface area contributed by atoms with Crippen molar-refractivity contribution in [3.63, 3.8) is 0 Å². The lowest BCUT2D eigenvalue weighted by molar-refractivity contribution is -0.127. The molecule has 2 N–H and O–H groups in total. The normalized spacial score (nSPS) is 18.5. The first-order valence-corrected chi connectivity index (χ1v) is 7.38. The lowest BCUT2D eigenvalue weighted by Crippen LogP contribution is -2.58. The second-order valence-corrected chi connectivity index (χ2v) is 5.13. The summed E-state index contributed by atoms with van der Waals surface area (Å²) in [5.74, 6) is 0.490. The van der Waals surface area contributed by atoms with E-state index in [0.29, 0.717) is 43.1 Å². The number of nitrogens with one attached hydrogen (secondary N) is 2. The summed E-state index contributed by atoms with van der Waals surface area (Å²) in [7, 11) is 0. The molecule has 7 nitrogen and oxygen atoms in total. The standard InChI is InChI=1S/C14H22N4O3/c1-4-6-11-13(19)15-7-8-18(11)14(20)16-12-9(3)21-17-10(12)5-2/h11H,4-8H2,1-3H3,(H,15,19)(H,16,20)/t11-/m1/s1. The number of hydrogen-bond acceptors (Lipinski definition) is 4. The first-order valence-electron chi connectivity index (χ1n) is 7.38. The number of hydrogen-bond donors (Lipinski definition) is 2. The zero-order valence-electron chi connectivity index (χ0n) is 12.7. The predicted octanol–water partition coefficient (Wildman–Crippen LogP) is 1.68. The predicted molar refractivity (Wildman–Crippen MR) is 78.0 cm³/mol. The molecule has 21 heavy (non-hydrogen) atoms. The van der Waals surface area contributed by atoms with Crippen molar-refractivity contribution < 1.29 is 14.1 Å². The van der Waals surface area contributed by atoms with E-state index in [1.54, 1.807) is 11.8 Å². The van der Waals surface area contributed by atoms with Crippen LogP contribution in [0.5, 0.6) is 0 Å². The van der Waals surface area contributed by atoms with E-state index < -0.39 is 6.04 Å². The molecule has 1 aliphatic rings. The van der Waals surface area contributed by atoms with Gasteiger partial charge in [0.05, 0.1) is 0 Å². The second kappa shape index (κ2) is 6.60. The van der Waals surface area contributed by atoms with Gasteiger partial charge in [-0.05, 0) is 19.8 Å². The van der Waals surface area contributed by atoms with E-state index in [0.717, 1.165) is 6.42 Å². The van der Waals surface area contributed by atoms with Crippen LogP contribution in [0.25, 0.3) is 0 Å². The van der Waals surface area contributed by atoms with Crippen LogP contribution in [0.3, 0.4) is 0 Å². The fraction of sp³-hybridized carbons (Fsp3) is 0.643. The molecule has 2 heterocycles. The molecule has 0 unspecified atom stereocenters. The van der Waals surface area contributed by atoms with E-state index in [1.165, 1.54) is 0 Å². The van der Waals surface area contributed by atoms with Crippen LogP contribution < -0.4 is 10.6 Å². The summed E-state index contributed by atoms with van der Waals surface area (Å²) in [4.78, 5) is 26.0. The first kappa shape index (κ1) is 15.3. The van der Waals surface area contributed by atoms with Gasteiger partial charge in [-0.1, -0.05) is 25.4 Å². The number of amides is 3. The summed E-state index contributed by atoms with van der Waals surface area (Å²) >= 11 is 0. The van der Waals surface area contributed by atoms with Gasteiger partial charge in [0.25, 0.3) is 0 Å². The fourth-order valence-corrected chi connectivity index (χ4v) is 2.52. The maximum Gasteiger partial charge on any atom is 0.322 e. The van der Waals surface area contributed by atoms with Gasteiger partial charge in [0.2, 0.25) is 5.91 Å². The molecule has 0 saturated carbocycles. The average molecular weight is 294 g/mol. The monoisotopic (exact) mass is 294 g/mol.